The number of pyridine rings is 2. The van der Waals surface area contributed by atoms with E-state index in [9.17, 15) is 83.1 Å². The summed E-state index contributed by atoms with van der Waals surface area (Å²) in [5.41, 5.74) is 1.68. The molecule has 3 aliphatic heterocycles. The van der Waals surface area contributed by atoms with Crippen LogP contribution in [0.5, 0.6) is 0 Å². The van der Waals surface area contributed by atoms with Crippen LogP contribution in [0.15, 0.2) is 59.4 Å². The van der Waals surface area contributed by atoms with Gasteiger partial charge in [0.1, 0.15) is 61.8 Å². The molecule has 2 aliphatic carbocycles. The van der Waals surface area contributed by atoms with Gasteiger partial charge in [-0.2, -0.15) is 0 Å². The average Bonchev–Trinajstić information content (AvgIpc) is 1.51. The predicted molar refractivity (Wildman–Crippen MR) is 349 cm³/mol. The molecule has 32 heteroatoms. The standard InChI is InChI=1S/C68H84FN11O20/c1-4-68(98)42-25-47-59-40(30-80(47)65(95)41(42)33-99-67(68)97)57(58-39-15-11-14-38(39)43(69)26-45(58)77-59)35(2)74-64(94)62(37-17-18-37)100-34-73-53(87)28-72-63(93)46(24-36-12-7-5-8-13-36)76-54(88)29-71-52(86)27-70-50(84)20-19-44(66(96)78(3)31-48(82)60(91)61(92)49(83)32-81)75-51(85)16-9-6-10-23-79-55(89)21-22-56(79)90/h5,7-8,12-13,21-22,25-26,35,37,44,46,48-49,60-62,81-83,91-92,98H,4,6,9-11,14-20,23-24,27-34H2,1-3H3,(H,70,84)(H,71,86)(H,72,93)(H,73,87)(H,74,94)(H,75,85)(H,76,88)/t35-,44-,46-,48-,49+,60+,61+,62-,68-/m0/s1. The fourth-order valence-corrected chi connectivity index (χ4v) is 12.9. The van der Waals surface area contributed by atoms with Gasteiger partial charge in [-0.05, 0) is 98.9 Å². The first-order chi connectivity index (χ1) is 47.7. The number of nitrogens with zero attached hydrogens (tertiary/aromatic N) is 4. The fraction of sp³-hybridized carbons (Fsp3) is 0.515. The average molecular weight is 1390 g/mol. The second kappa shape index (κ2) is 33.2. The van der Waals surface area contributed by atoms with Gasteiger partial charge in [-0.1, -0.05) is 43.7 Å². The van der Waals surface area contributed by atoms with Crippen molar-refractivity contribution in [3.63, 3.8) is 0 Å². The lowest BCUT2D eigenvalue weighted by atomic mass is 9.86. The van der Waals surface area contributed by atoms with Gasteiger partial charge < -0.3 is 86.8 Å². The number of imide groups is 1. The van der Waals surface area contributed by atoms with E-state index in [-0.39, 0.29) is 68.8 Å². The number of nitrogens with one attached hydrogen (secondary N) is 7. The second-order valence-corrected chi connectivity index (χ2v) is 25.6. The number of aryl methyl sites for hydroxylation is 1. The molecule has 9 atom stereocenters. The number of amides is 10. The van der Waals surface area contributed by atoms with Gasteiger partial charge in [-0.3, -0.25) is 57.6 Å². The molecule has 31 nitrogen and oxygen atoms in total. The SMILES string of the molecule is CC[C@@]1(O)C(=O)OCc2c1cc1n(c2=O)Cc2c-1nc1cc(F)c3c(c1c2[C@H](C)NC(=O)[C@@H](OCNC(=O)CNC(=O)[C@H](Cc1ccccc1)NC(=O)CNC(=O)CNC(=O)CC[C@H](NC(=O)CCCCCN1C(=O)C=CC1=O)C(=O)N(C)C[C@H](O)[C@@H](O)[C@H](O)[C@H](O)CO)C1CC1)CCC3. The number of unbranched alkanes of at least 4 members (excludes halogenated alkanes) is 2. The highest BCUT2D eigenvalue weighted by Crippen LogP contribution is 2.45. The number of aliphatic hydroxyl groups is 6. The Balaban J connectivity index is 0.756. The zero-order chi connectivity index (χ0) is 72.3. The number of fused-ring (bicyclic) bond motifs is 7. The zero-order valence-electron chi connectivity index (χ0n) is 55.5. The first-order valence-corrected chi connectivity index (χ1v) is 33.3. The van der Waals surface area contributed by atoms with E-state index >= 15 is 4.39 Å². The number of hydrogen-bond acceptors (Lipinski definition) is 21. The molecule has 0 radical (unpaired) electrons. The fourth-order valence-electron chi connectivity index (χ4n) is 12.9. The van der Waals surface area contributed by atoms with Crippen LogP contribution >= 0.6 is 0 Å². The van der Waals surface area contributed by atoms with Gasteiger partial charge in [0.15, 0.2) is 5.60 Å². The van der Waals surface area contributed by atoms with Crippen molar-refractivity contribution in [2.45, 2.75) is 165 Å². The maximum absolute atomic E-state index is 15.8. The third kappa shape index (κ3) is 17.6. The lowest BCUT2D eigenvalue weighted by Gasteiger charge is -2.31. The number of esters is 1. The van der Waals surface area contributed by atoms with Crippen molar-refractivity contribution in [1.82, 2.24) is 56.6 Å². The second-order valence-electron chi connectivity index (χ2n) is 25.6. The van der Waals surface area contributed by atoms with E-state index in [0.29, 0.717) is 89.5 Å². The van der Waals surface area contributed by atoms with Crippen molar-refractivity contribution < 1.29 is 97.2 Å². The smallest absolute Gasteiger partial charge is 0.343 e. The molecule has 0 saturated heterocycles. The molecule has 4 aromatic rings. The van der Waals surface area contributed by atoms with Crippen LogP contribution < -0.4 is 42.8 Å². The van der Waals surface area contributed by atoms with Crippen LogP contribution in [0.1, 0.15) is 123 Å². The highest BCUT2D eigenvalue weighted by atomic mass is 19.1. The Morgan fingerprint density at radius 2 is 1.42 bits per heavy atom. The summed E-state index contributed by atoms with van der Waals surface area (Å²) in [6.45, 7) is -0.839. The first kappa shape index (κ1) is 74.8. The molecule has 100 heavy (non-hydrogen) atoms. The molecule has 5 aliphatic rings. The van der Waals surface area contributed by atoms with Crippen LogP contribution in [0.25, 0.3) is 22.3 Å². The molecule has 0 spiro atoms. The number of benzene rings is 2. The van der Waals surface area contributed by atoms with Gasteiger partial charge in [0.25, 0.3) is 17.4 Å². The van der Waals surface area contributed by atoms with Crippen LogP contribution in [-0.2, 0) is 100 Å². The minimum absolute atomic E-state index is 0.0137. The number of ether oxygens (including phenoxy) is 2. The third-order valence-electron chi connectivity index (χ3n) is 18.6. The summed E-state index contributed by atoms with van der Waals surface area (Å²) in [5.74, 6) is -8.41. The number of cyclic esters (lactones) is 1. The van der Waals surface area contributed by atoms with Crippen molar-refractivity contribution in [2.75, 3.05) is 53.1 Å². The summed E-state index contributed by atoms with van der Waals surface area (Å²) in [6, 6.07) is 7.98. The highest BCUT2D eigenvalue weighted by molar-refractivity contribution is 6.13. The Morgan fingerprint density at radius 3 is 2.12 bits per heavy atom. The molecule has 1 saturated carbocycles. The zero-order valence-corrected chi connectivity index (χ0v) is 55.5. The Bertz CT molecular complexity index is 3900. The normalized spacial score (nSPS) is 18.2. The van der Waals surface area contributed by atoms with E-state index in [0.717, 1.165) is 27.5 Å². The summed E-state index contributed by atoms with van der Waals surface area (Å²) in [7, 11) is 1.19. The first-order valence-electron chi connectivity index (χ1n) is 33.3. The maximum Gasteiger partial charge on any atom is 0.343 e. The van der Waals surface area contributed by atoms with Crippen LogP contribution in [0.2, 0.25) is 0 Å². The number of aliphatic hydroxyl groups excluding tert-OH is 5. The van der Waals surface area contributed by atoms with Crippen molar-refractivity contribution in [1.29, 1.82) is 0 Å². The molecule has 2 aromatic heterocycles. The monoisotopic (exact) mass is 1390 g/mol. The summed E-state index contributed by atoms with van der Waals surface area (Å²) >= 11 is 0. The van der Waals surface area contributed by atoms with E-state index in [1.165, 1.54) is 17.7 Å². The van der Waals surface area contributed by atoms with Crippen molar-refractivity contribution in [2.24, 2.45) is 5.92 Å². The van der Waals surface area contributed by atoms with Crippen molar-refractivity contribution >= 4 is 75.9 Å². The van der Waals surface area contributed by atoms with E-state index in [1.807, 2.05) is 0 Å². The van der Waals surface area contributed by atoms with Crippen LogP contribution in [0.4, 0.5) is 4.39 Å². The van der Waals surface area contributed by atoms with E-state index in [4.69, 9.17) is 19.6 Å². The number of likely N-dealkylation sites (N-methyl/N-ethyl adjacent to an activating group) is 1. The molecular weight excluding hydrogens is 1310 g/mol. The molecule has 0 bridgehead atoms. The number of carbonyl (C=O) groups excluding carboxylic acids is 11. The van der Waals surface area contributed by atoms with E-state index in [2.05, 4.69) is 37.2 Å². The molecule has 1 fully saturated rings. The van der Waals surface area contributed by atoms with E-state index < -0.39 is 177 Å². The van der Waals surface area contributed by atoms with Crippen LogP contribution in [-0.4, -0.2) is 211 Å². The number of hydrogen-bond donors (Lipinski definition) is 13. The molecule has 0 unspecified atom stereocenters. The Kier molecular flexibility index (Phi) is 24.8. The number of halogens is 1. The Labute approximate surface area is 572 Å². The van der Waals surface area contributed by atoms with Crippen LogP contribution in [0, 0.1) is 11.7 Å². The third-order valence-corrected chi connectivity index (χ3v) is 18.6. The largest absolute Gasteiger partial charge is 0.458 e. The quantitative estimate of drug-likeness (QED) is 0.00861. The molecular formula is C68H84FN11O20. The summed E-state index contributed by atoms with van der Waals surface area (Å²) in [6.07, 6.45) is -3.45. The molecule has 9 rings (SSSR count). The number of aromatic nitrogens is 2. The molecule has 538 valence electrons. The van der Waals surface area contributed by atoms with Gasteiger partial charge in [0.2, 0.25) is 47.3 Å². The maximum atomic E-state index is 15.8. The Morgan fingerprint density at radius 1 is 0.760 bits per heavy atom. The van der Waals surface area contributed by atoms with Gasteiger partial charge >= 0.3 is 5.97 Å². The summed E-state index contributed by atoms with van der Waals surface area (Å²) in [4.78, 5) is 165. The molecule has 5 heterocycles. The summed E-state index contributed by atoms with van der Waals surface area (Å²) < 4.78 is 28.6. The number of rotatable bonds is 35. The lowest BCUT2D eigenvalue weighted by molar-refractivity contribution is -0.172. The minimum atomic E-state index is -2.09. The topological polar surface area (TPSA) is 453 Å². The minimum Gasteiger partial charge on any atom is -0.458 e. The summed E-state index contributed by atoms with van der Waals surface area (Å²) in [5, 5.41) is 79.9. The van der Waals surface area contributed by atoms with Crippen LogP contribution in [0.3, 0.4) is 0 Å². The molecule has 13 N–H and O–H groups in total. The van der Waals surface area contributed by atoms with Gasteiger partial charge in [0, 0.05) is 74.1 Å². The van der Waals surface area contributed by atoms with Gasteiger partial charge in [0.05, 0.1) is 61.3 Å². The van der Waals surface area contributed by atoms with E-state index in [1.54, 1.807) is 50.2 Å². The lowest BCUT2D eigenvalue weighted by Crippen LogP contribution is -2.53. The Hall–Kier alpha value is -9.44. The van der Waals surface area contributed by atoms with Gasteiger partial charge in [-0.15, -0.1) is 0 Å². The van der Waals surface area contributed by atoms with Crippen molar-refractivity contribution in [3.05, 3.63) is 110 Å². The van der Waals surface area contributed by atoms with Crippen molar-refractivity contribution in [3.8, 4) is 11.4 Å². The van der Waals surface area contributed by atoms with Gasteiger partial charge in [-0.25, -0.2) is 14.2 Å². The number of carbonyl (C=O) groups is 11. The highest BCUT2D eigenvalue weighted by Gasteiger charge is 2.46. The molecule has 2 aromatic carbocycles. The predicted octanol–water partition coefficient (Wildman–Crippen LogP) is -2.53. The molecule has 10 amide bonds.